The molecule has 2 amide bonds. The van der Waals surface area contributed by atoms with E-state index in [2.05, 4.69) is 20.1 Å². The Bertz CT molecular complexity index is 1450. The lowest BCUT2D eigenvalue weighted by atomic mass is 9.82. The number of fused-ring (bicyclic) bond motifs is 2. The Hall–Kier alpha value is -3.98. The number of rotatable bonds is 4. The number of nitrogens with zero attached hydrogens (tertiary/aromatic N) is 5. The SMILES string of the molecule is CC(NC(=O)N1CCC2(CCn3nc(-c4cnc(N)c(OC(F)(F)F)c4)cc32)C1)c1ccc(C#N)cc1Cl. The molecule has 3 N–H and O–H groups in total. The standard InChI is InChI=1S/C25H23ClF3N7O2/c1-14(17-3-2-15(11-30)8-18(17)26)33-23(37)35-6-4-24(13-35)5-7-36-21(24)10-19(34-36)16-9-20(22(31)32-12-16)38-25(27,28)29/h2-3,8-10,12,14H,4-7,13H2,1H3,(H2,31,32)(H,33,37). The predicted molar refractivity (Wildman–Crippen MR) is 132 cm³/mol. The third-order valence-electron chi connectivity index (χ3n) is 7.11. The van der Waals surface area contributed by atoms with Crippen LogP contribution in [0.4, 0.5) is 23.8 Å². The zero-order valence-corrected chi connectivity index (χ0v) is 21.0. The molecule has 2 unspecified atom stereocenters. The van der Waals surface area contributed by atoms with Crippen molar-refractivity contribution in [2.75, 3.05) is 18.8 Å². The lowest BCUT2D eigenvalue weighted by Crippen LogP contribution is -2.41. The Labute approximate surface area is 220 Å². The second kappa shape index (κ2) is 9.40. The average Bonchev–Trinajstić information content (AvgIpc) is 3.56. The van der Waals surface area contributed by atoms with Crippen LogP contribution < -0.4 is 15.8 Å². The van der Waals surface area contributed by atoms with Crippen LogP contribution in [0.1, 0.15) is 42.6 Å². The number of anilines is 1. The molecule has 1 spiro atoms. The van der Waals surface area contributed by atoms with Gasteiger partial charge < -0.3 is 20.7 Å². The zero-order valence-electron chi connectivity index (χ0n) is 20.2. The summed E-state index contributed by atoms with van der Waals surface area (Å²) in [4.78, 5) is 18.7. The minimum Gasteiger partial charge on any atom is -0.402 e. The lowest BCUT2D eigenvalue weighted by Gasteiger charge is -2.25. The summed E-state index contributed by atoms with van der Waals surface area (Å²) < 4.78 is 44.0. The number of carbonyl (C=O) groups is 1. The van der Waals surface area contributed by atoms with E-state index in [0.717, 1.165) is 18.5 Å². The second-order valence-electron chi connectivity index (χ2n) is 9.51. The molecule has 1 fully saturated rings. The van der Waals surface area contributed by atoms with Gasteiger partial charge in [-0.2, -0.15) is 10.4 Å². The zero-order chi connectivity index (χ0) is 27.2. The molecule has 5 rings (SSSR count). The second-order valence-corrected chi connectivity index (χ2v) is 9.92. The average molecular weight is 546 g/mol. The summed E-state index contributed by atoms with van der Waals surface area (Å²) in [5.41, 5.74) is 8.10. The van der Waals surface area contributed by atoms with Gasteiger partial charge in [-0.15, -0.1) is 13.2 Å². The third-order valence-corrected chi connectivity index (χ3v) is 7.43. The van der Waals surface area contributed by atoms with E-state index in [1.54, 1.807) is 23.1 Å². The summed E-state index contributed by atoms with van der Waals surface area (Å²) in [5, 5.41) is 17.0. The maximum Gasteiger partial charge on any atom is 0.573 e. The molecule has 9 nitrogen and oxygen atoms in total. The van der Waals surface area contributed by atoms with Crippen molar-refractivity contribution in [3.8, 4) is 23.1 Å². The van der Waals surface area contributed by atoms with Crippen molar-refractivity contribution in [2.24, 2.45) is 0 Å². The molecule has 0 aliphatic carbocycles. The number of hydrogen-bond acceptors (Lipinski definition) is 6. The number of amides is 2. The van der Waals surface area contributed by atoms with Gasteiger partial charge in [-0.1, -0.05) is 17.7 Å². The number of aryl methyl sites for hydroxylation is 1. The van der Waals surface area contributed by atoms with E-state index in [4.69, 9.17) is 22.6 Å². The van der Waals surface area contributed by atoms with Crippen molar-refractivity contribution in [3.05, 3.63) is 58.4 Å². The number of urea groups is 1. The summed E-state index contributed by atoms with van der Waals surface area (Å²) in [6, 6.07) is 9.38. The molecule has 2 aliphatic heterocycles. The lowest BCUT2D eigenvalue weighted by molar-refractivity contribution is -0.274. The van der Waals surface area contributed by atoms with Crippen molar-refractivity contribution in [1.29, 1.82) is 5.26 Å². The van der Waals surface area contributed by atoms with Crippen molar-refractivity contribution in [3.63, 3.8) is 0 Å². The molecular formula is C25H23ClF3N7O2. The molecule has 2 aromatic heterocycles. The highest BCUT2D eigenvalue weighted by Crippen LogP contribution is 2.44. The number of aromatic nitrogens is 3. The van der Waals surface area contributed by atoms with Crippen molar-refractivity contribution in [2.45, 2.75) is 44.1 Å². The Morgan fingerprint density at radius 1 is 1.29 bits per heavy atom. The number of likely N-dealkylation sites (tertiary alicyclic amines) is 1. The number of benzene rings is 1. The molecule has 1 aromatic carbocycles. The van der Waals surface area contributed by atoms with Gasteiger partial charge in [0.1, 0.15) is 0 Å². The van der Waals surface area contributed by atoms with E-state index in [9.17, 15) is 18.0 Å². The molecule has 0 saturated carbocycles. The van der Waals surface area contributed by atoms with Gasteiger partial charge in [0.2, 0.25) is 0 Å². The van der Waals surface area contributed by atoms with E-state index < -0.39 is 12.1 Å². The van der Waals surface area contributed by atoms with Gasteiger partial charge in [-0.3, -0.25) is 4.68 Å². The topological polar surface area (TPSA) is 122 Å². The van der Waals surface area contributed by atoms with Crippen LogP contribution in [0.2, 0.25) is 5.02 Å². The first-order chi connectivity index (χ1) is 18.0. The summed E-state index contributed by atoms with van der Waals surface area (Å²) in [5.74, 6) is -0.957. The number of nitriles is 1. The maximum atomic E-state index is 13.1. The first kappa shape index (κ1) is 25.7. The largest absolute Gasteiger partial charge is 0.573 e. The first-order valence-corrected chi connectivity index (χ1v) is 12.2. The summed E-state index contributed by atoms with van der Waals surface area (Å²) in [6.07, 6.45) is -2.03. The molecule has 4 heterocycles. The molecule has 0 radical (unpaired) electrons. The summed E-state index contributed by atoms with van der Waals surface area (Å²) in [7, 11) is 0. The van der Waals surface area contributed by atoms with E-state index in [1.165, 1.54) is 12.3 Å². The van der Waals surface area contributed by atoms with Crippen molar-refractivity contribution >= 4 is 23.4 Å². The van der Waals surface area contributed by atoms with Crippen LogP contribution in [0.3, 0.4) is 0 Å². The highest BCUT2D eigenvalue weighted by atomic mass is 35.5. The van der Waals surface area contributed by atoms with Gasteiger partial charge in [0.05, 0.1) is 23.4 Å². The van der Waals surface area contributed by atoms with Crippen molar-refractivity contribution in [1.82, 2.24) is 25.0 Å². The predicted octanol–water partition coefficient (Wildman–Crippen LogP) is 4.77. The van der Waals surface area contributed by atoms with E-state index in [1.807, 2.05) is 23.7 Å². The fourth-order valence-electron chi connectivity index (χ4n) is 5.17. The fraction of sp³-hybridized carbons (Fsp3) is 0.360. The number of ether oxygens (including phenoxy) is 1. The highest BCUT2D eigenvalue weighted by molar-refractivity contribution is 6.31. The number of nitrogens with one attached hydrogen (secondary N) is 1. The molecule has 3 aromatic rings. The molecule has 38 heavy (non-hydrogen) atoms. The van der Waals surface area contributed by atoms with Gasteiger partial charge in [0.15, 0.2) is 11.6 Å². The quantitative estimate of drug-likeness (QED) is 0.487. The Kier molecular flexibility index (Phi) is 6.35. The van der Waals surface area contributed by atoms with E-state index >= 15 is 0 Å². The Morgan fingerprint density at radius 3 is 2.76 bits per heavy atom. The molecule has 13 heteroatoms. The molecular weight excluding hydrogens is 523 g/mol. The normalized spacial score (nSPS) is 19.3. The van der Waals surface area contributed by atoms with Crippen LogP contribution in [0.5, 0.6) is 5.75 Å². The summed E-state index contributed by atoms with van der Waals surface area (Å²) in [6.45, 7) is 3.45. The Morgan fingerprint density at radius 2 is 2.05 bits per heavy atom. The minimum atomic E-state index is -4.90. The number of halogens is 4. The molecule has 198 valence electrons. The number of nitrogens with two attached hydrogens (primary N) is 1. The van der Waals surface area contributed by atoms with Gasteiger partial charge in [-0.25, -0.2) is 9.78 Å². The van der Waals surface area contributed by atoms with Gasteiger partial charge >= 0.3 is 12.4 Å². The van der Waals surface area contributed by atoms with Gasteiger partial charge in [0, 0.05) is 47.5 Å². The monoisotopic (exact) mass is 545 g/mol. The first-order valence-electron chi connectivity index (χ1n) is 11.8. The molecule has 1 saturated heterocycles. The minimum absolute atomic E-state index is 0.232. The highest BCUT2D eigenvalue weighted by Gasteiger charge is 2.47. The fourth-order valence-corrected chi connectivity index (χ4v) is 5.51. The van der Waals surface area contributed by atoms with Crippen LogP contribution in [0.25, 0.3) is 11.3 Å². The number of hydrogen-bond donors (Lipinski definition) is 2. The van der Waals surface area contributed by atoms with E-state index in [0.29, 0.717) is 47.0 Å². The number of pyridine rings is 1. The smallest absolute Gasteiger partial charge is 0.402 e. The molecule has 2 aliphatic rings. The summed E-state index contributed by atoms with van der Waals surface area (Å²) >= 11 is 6.30. The molecule has 0 bridgehead atoms. The van der Waals surface area contributed by atoms with Crippen LogP contribution in [0, 0.1) is 11.3 Å². The number of alkyl halides is 3. The Balaban J connectivity index is 1.31. The van der Waals surface area contributed by atoms with Crippen molar-refractivity contribution < 1.29 is 22.7 Å². The number of carbonyl (C=O) groups excluding carboxylic acids is 1. The van der Waals surface area contributed by atoms with E-state index in [-0.39, 0.29) is 23.3 Å². The number of nitrogen functional groups attached to an aromatic ring is 1. The maximum absolute atomic E-state index is 13.1. The third kappa shape index (κ3) is 4.81. The molecule has 2 atom stereocenters. The van der Waals surface area contributed by atoms with Crippen LogP contribution in [-0.2, 0) is 12.0 Å². The van der Waals surface area contributed by atoms with Gasteiger partial charge in [-0.05, 0) is 49.6 Å². The van der Waals surface area contributed by atoms with Crippen LogP contribution >= 0.6 is 11.6 Å². The van der Waals surface area contributed by atoms with Crippen LogP contribution in [-0.4, -0.2) is 45.1 Å². The van der Waals surface area contributed by atoms with Crippen LogP contribution in [0.15, 0.2) is 36.5 Å². The van der Waals surface area contributed by atoms with Gasteiger partial charge in [0.25, 0.3) is 0 Å².